The van der Waals surface area contributed by atoms with Gasteiger partial charge in [-0.15, -0.1) is 0 Å². The van der Waals surface area contributed by atoms with Crippen LogP contribution in [0.25, 0.3) is 0 Å². The molecule has 0 spiro atoms. The molecule has 1 fully saturated rings. The van der Waals surface area contributed by atoms with E-state index in [2.05, 4.69) is 5.32 Å². The van der Waals surface area contributed by atoms with Gasteiger partial charge < -0.3 is 5.32 Å². The lowest BCUT2D eigenvalue weighted by Gasteiger charge is -2.20. The fourth-order valence-corrected chi connectivity index (χ4v) is 3.05. The normalized spacial score (nSPS) is 17.2. The van der Waals surface area contributed by atoms with Gasteiger partial charge in [0, 0.05) is 11.6 Å². The first-order valence-corrected chi connectivity index (χ1v) is 7.18. The number of hydrogen-bond donors (Lipinski definition) is 1. The third-order valence-corrected chi connectivity index (χ3v) is 4.12. The Morgan fingerprint density at radius 1 is 1.16 bits per heavy atom. The average molecular weight is 289 g/mol. The molecule has 1 aliphatic rings. The van der Waals surface area contributed by atoms with Crippen LogP contribution in [-0.2, 0) is 11.0 Å². The van der Waals surface area contributed by atoms with Crippen LogP contribution < -0.4 is 5.32 Å². The Morgan fingerprint density at radius 2 is 1.74 bits per heavy atom. The highest BCUT2D eigenvalue weighted by Gasteiger charge is 2.30. The summed E-state index contributed by atoms with van der Waals surface area (Å²) in [6.07, 6.45) is -2.68. The predicted molar refractivity (Wildman–Crippen MR) is 70.1 cm³/mol. The van der Waals surface area contributed by atoms with Crippen molar-refractivity contribution in [2.24, 2.45) is 5.92 Å². The molecule has 1 N–H and O–H groups in total. The van der Waals surface area contributed by atoms with E-state index in [0.717, 1.165) is 36.5 Å². The summed E-state index contributed by atoms with van der Waals surface area (Å²) in [5.74, 6) is 1.81. The molecule has 0 unspecified atom stereocenters. The monoisotopic (exact) mass is 289 g/mol. The molecule has 2 nitrogen and oxygen atoms in total. The zero-order chi connectivity index (χ0) is 13.9. The van der Waals surface area contributed by atoms with Crippen molar-refractivity contribution in [3.05, 3.63) is 29.8 Å². The number of halogens is 3. The van der Waals surface area contributed by atoms with Crippen LogP contribution in [0.1, 0.15) is 18.4 Å². The second-order valence-electron chi connectivity index (χ2n) is 4.45. The van der Waals surface area contributed by atoms with Crippen LogP contribution in [0.4, 0.5) is 18.9 Å². The number of benzene rings is 1. The van der Waals surface area contributed by atoms with Crippen LogP contribution in [-0.4, -0.2) is 17.4 Å². The summed E-state index contributed by atoms with van der Waals surface area (Å²) in [7, 11) is 0. The highest BCUT2D eigenvalue weighted by atomic mass is 32.2. The zero-order valence-corrected chi connectivity index (χ0v) is 11.0. The van der Waals surface area contributed by atoms with Gasteiger partial charge in [0.1, 0.15) is 0 Å². The Labute approximate surface area is 113 Å². The fraction of sp³-hybridized carbons (Fsp3) is 0.462. The number of anilines is 1. The van der Waals surface area contributed by atoms with Gasteiger partial charge in [-0.1, -0.05) is 0 Å². The molecule has 6 heteroatoms. The molecule has 1 aromatic rings. The lowest BCUT2D eigenvalue weighted by molar-refractivity contribution is -0.137. The standard InChI is InChI=1S/C13H14F3NOS/c14-13(15,16)10-1-3-11(4-2-10)17-12(18)9-5-7-19-8-6-9/h1-4,9H,5-8H2,(H,17,18). The van der Waals surface area contributed by atoms with Gasteiger partial charge in [0.05, 0.1) is 5.56 Å². The topological polar surface area (TPSA) is 29.1 Å². The van der Waals surface area contributed by atoms with Crippen molar-refractivity contribution in [1.29, 1.82) is 0 Å². The molecule has 1 aromatic carbocycles. The first-order chi connectivity index (χ1) is 8.97. The molecule has 0 bridgehead atoms. The SMILES string of the molecule is O=C(Nc1ccc(C(F)(F)F)cc1)C1CCSCC1. The lowest BCUT2D eigenvalue weighted by atomic mass is 10.0. The van der Waals surface area contributed by atoms with E-state index in [1.807, 2.05) is 11.8 Å². The van der Waals surface area contributed by atoms with Gasteiger partial charge in [0.15, 0.2) is 0 Å². The third-order valence-electron chi connectivity index (χ3n) is 3.07. The molecule has 0 aromatic heterocycles. The summed E-state index contributed by atoms with van der Waals surface area (Å²) in [5.41, 5.74) is -0.296. The smallest absolute Gasteiger partial charge is 0.326 e. The fourth-order valence-electron chi connectivity index (χ4n) is 1.95. The highest BCUT2D eigenvalue weighted by molar-refractivity contribution is 7.99. The van der Waals surface area contributed by atoms with Crippen LogP contribution in [0, 0.1) is 5.92 Å². The second kappa shape index (κ2) is 5.86. The van der Waals surface area contributed by atoms with Crippen LogP contribution in [0.3, 0.4) is 0 Å². The van der Waals surface area contributed by atoms with E-state index in [1.165, 1.54) is 12.1 Å². The molecule has 1 saturated heterocycles. The van der Waals surface area contributed by atoms with Crippen molar-refractivity contribution in [2.45, 2.75) is 19.0 Å². The molecule has 1 heterocycles. The lowest BCUT2D eigenvalue weighted by Crippen LogP contribution is -2.26. The molecular weight excluding hydrogens is 275 g/mol. The summed E-state index contributed by atoms with van der Waals surface area (Å²) >= 11 is 1.82. The maximum Gasteiger partial charge on any atom is 0.416 e. The number of hydrogen-bond acceptors (Lipinski definition) is 2. The van der Waals surface area contributed by atoms with E-state index in [0.29, 0.717) is 5.69 Å². The van der Waals surface area contributed by atoms with Gasteiger partial charge in [0.25, 0.3) is 0 Å². The van der Waals surface area contributed by atoms with E-state index in [4.69, 9.17) is 0 Å². The van der Waals surface area contributed by atoms with Gasteiger partial charge in [-0.05, 0) is 48.6 Å². The number of carbonyl (C=O) groups excluding carboxylic acids is 1. The first kappa shape index (κ1) is 14.2. The van der Waals surface area contributed by atoms with Crippen LogP contribution >= 0.6 is 11.8 Å². The molecular formula is C13H14F3NOS. The Kier molecular flexibility index (Phi) is 4.39. The van der Waals surface area contributed by atoms with Crippen molar-refractivity contribution in [3.8, 4) is 0 Å². The molecule has 0 atom stereocenters. The number of nitrogens with one attached hydrogen (secondary N) is 1. The third kappa shape index (κ3) is 3.89. The minimum absolute atomic E-state index is 0.0245. The molecule has 1 amide bonds. The van der Waals surface area contributed by atoms with E-state index in [9.17, 15) is 18.0 Å². The highest BCUT2D eigenvalue weighted by Crippen LogP contribution is 2.30. The predicted octanol–water partition coefficient (Wildman–Crippen LogP) is 3.79. The summed E-state index contributed by atoms with van der Waals surface area (Å²) < 4.78 is 37.1. The van der Waals surface area contributed by atoms with E-state index < -0.39 is 11.7 Å². The molecule has 1 aliphatic heterocycles. The number of thioether (sulfide) groups is 1. The van der Waals surface area contributed by atoms with Gasteiger partial charge in [0.2, 0.25) is 5.91 Å². The molecule has 2 rings (SSSR count). The van der Waals surface area contributed by atoms with Crippen molar-refractivity contribution in [3.63, 3.8) is 0 Å². The minimum Gasteiger partial charge on any atom is -0.326 e. The number of amides is 1. The minimum atomic E-state index is -4.34. The largest absolute Gasteiger partial charge is 0.416 e. The molecule has 0 radical (unpaired) electrons. The molecule has 0 aliphatic carbocycles. The van der Waals surface area contributed by atoms with E-state index in [1.54, 1.807) is 0 Å². The Morgan fingerprint density at radius 3 is 2.26 bits per heavy atom. The summed E-state index contributed by atoms with van der Waals surface area (Å²) in [5, 5.41) is 2.67. The van der Waals surface area contributed by atoms with E-state index >= 15 is 0 Å². The summed E-state index contributed by atoms with van der Waals surface area (Å²) in [4.78, 5) is 11.9. The van der Waals surface area contributed by atoms with Crippen LogP contribution in [0.2, 0.25) is 0 Å². The number of rotatable bonds is 2. The first-order valence-electron chi connectivity index (χ1n) is 6.02. The Hall–Kier alpha value is -1.17. The van der Waals surface area contributed by atoms with Crippen LogP contribution in [0.5, 0.6) is 0 Å². The van der Waals surface area contributed by atoms with E-state index in [-0.39, 0.29) is 11.8 Å². The van der Waals surface area contributed by atoms with Gasteiger partial charge >= 0.3 is 6.18 Å². The number of alkyl halides is 3. The Bertz CT molecular complexity index is 438. The zero-order valence-electron chi connectivity index (χ0n) is 10.2. The van der Waals surface area contributed by atoms with Gasteiger partial charge in [-0.3, -0.25) is 4.79 Å². The quantitative estimate of drug-likeness (QED) is 0.897. The molecule has 104 valence electrons. The van der Waals surface area contributed by atoms with Gasteiger partial charge in [-0.2, -0.15) is 24.9 Å². The maximum atomic E-state index is 12.4. The second-order valence-corrected chi connectivity index (χ2v) is 5.68. The van der Waals surface area contributed by atoms with Crippen molar-refractivity contribution in [1.82, 2.24) is 0 Å². The van der Waals surface area contributed by atoms with Crippen molar-refractivity contribution < 1.29 is 18.0 Å². The summed E-state index contributed by atoms with van der Waals surface area (Å²) in [6.45, 7) is 0. The molecule has 0 saturated carbocycles. The van der Waals surface area contributed by atoms with Crippen LogP contribution in [0.15, 0.2) is 24.3 Å². The Balaban J connectivity index is 1.97. The summed E-state index contributed by atoms with van der Waals surface area (Å²) in [6, 6.07) is 4.54. The number of carbonyl (C=O) groups is 1. The maximum absolute atomic E-state index is 12.4. The molecule has 19 heavy (non-hydrogen) atoms. The van der Waals surface area contributed by atoms with Crippen molar-refractivity contribution >= 4 is 23.4 Å². The average Bonchev–Trinajstić information content (AvgIpc) is 2.39. The van der Waals surface area contributed by atoms with Gasteiger partial charge in [-0.25, -0.2) is 0 Å². The van der Waals surface area contributed by atoms with Crippen molar-refractivity contribution in [2.75, 3.05) is 16.8 Å².